The van der Waals surface area contributed by atoms with Crippen molar-refractivity contribution in [3.8, 4) is 0 Å². The van der Waals surface area contributed by atoms with Gasteiger partial charge in [-0.25, -0.2) is 35.1 Å². The Balaban J connectivity index is 1.63. The lowest BCUT2D eigenvalue weighted by Crippen LogP contribution is -2.20. The first-order valence-electron chi connectivity index (χ1n) is 16.9. The van der Waals surface area contributed by atoms with Gasteiger partial charge in [-0.2, -0.15) is 0 Å². The van der Waals surface area contributed by atoms with E-state index in [0.717, 1.165) is 84.4 Å². The molecule has 8 rings (SSSR count). The minimum Gasteiger partial charge on any atom is -0.299 e. The molecule has 0 N–H and O–H groups in total. The molecule has 0 aliphatic rings. The molecule has 0 saturated carbocycles. The summed E-state index contributed by atoms with van der Waals surface area (Å²) in [5.74, 6) is -9.58. The van der Waals surface area contributed by atoms with Crippen LogP contribution in [-0.4, -0.2) is 0 Å². The highest BCUT2D eigenvalue weighted by Gasteiger charge is 2.33. The molecule has 0 aromatic heterocycles. The van der Waals surface area contributed by atoms with Crippen molar-refractivity contribution in [2.75, 3.05) is 9.80 Å². The van der Waals surface area contributed by atoms with Gasteiger partial charge in [-0.05, 0) is 81.7 Å². The molecule has 0 fully saturated rings. The van der Waals surface area contributed by atoms with Crippen LogP contribution in [-0.2, 0) is 5.41 Å². The van der Waals surface area contributed by atoms with Gasteiger partial charge in [-0.15, -0.1) is 0 Å². The molecule has 0 amide bonds. The van der Waals surface area contributed by atoms with Crippen LogP contribution in [0.5, 0.6) is 0 Å². The maximum Gasteiger partial charge on any atom is 0.150 e. The number of rotatable bonds is 6. The highest BCUT2D eigenvalue weighted by atomic mass is 19.2. The van der Waals surface area contributed by atoms with E-state index in [-0.39, 0.29) is 27.6 Å². The first-order valence-corrected chi connectivity index (χ1v) is 16.9. The molecule has 0 saturated heterocycles. The number of nitrogens with zero attached hydrogens (tertiary/aromatic N) is 2. The maximum absolute atomic E-state index is 16.0. The van der Waals surface area contributed by atoms with Crippen molar-refractivity contribution >= 4 is 66.4 Å². The lowest BCUT2D eigenvalue weighted by Gasteiger charge is -2.33. The van der Waals surface area contributed by atoms with E-state index in [0.29, 0.717) is 31.3 Å². The SMILES string of the molecule is CC(C)(C)c1cc2ccc3c(N(c4c(F)cccc4F)c4c(F)cccc4F)cc(N(c4c(F)cccc4F)c4c(F)cccc4F)c4ccc(c1)c2c34. The molecule has 0 heterocycles. The number of hydrogen-bond donors (Lipinski definition) is 0. The number of anilines is 6. The van der Waals surface area contributed by atoms with E-state index < -0.39 is 69.3 Å². The standard InChI is InChI=1S/C44H28F8N2/c1-44(2,3)25-20-23-16-18-26-36(53(40-28(45)8-4-9-29(40)46)41-30(47)10-5-11-31(41)48)22-37(27-19-17-24(21-25)38(23)39(26)27)54(42-32(49)12-6-13-33(42)50)43-34(51)14-7-15-35(43)52/h4-22H,1-3H3. The van der Waals surface area contributed by atoms with Crippen molar-refractivity contribution in [3.05, 3.63) is 167 Å². The van der Waals surface area contributed by atoms with Gasteiger partial charge in [0, 0.05) is 16.2 Å². The van der Waals surface area contributed by atoms with Crippen LogP contribution in [0.15, 0.2) is 115 Å². The molecule has 8 aromatic carbocycles. The van der Waals surface area contributed by atoms with Gasteiger partial charge in [-0.1, -0.05) is 81.4 Å². The van der Waals surface area contributed by atoms with E-state index in [4.69, 9.17) is 0 Å². The minimum absolute atomic E-state index is 0.212. The number of hydrogen-bond acceptors (Lipinski definition) is 2. The molecule has 0 aliphatic carbocycles. The Morgan fingerprint density at radius 1 is 0.370 bits per heavy atom. The van der Waals surface area contributed by atoms with Crippen molar-refractivity contribution in [2.45, 2.75) is 26.2 Å². The third kappa shape index (κ3) is 5.47. The van der Waals surface area contributed by atoms with E-state index in [1.54, 1.807) is 24.3 Å². The summed E-state index contributed by atoms with van der Waals surface area (Å²) in [6, 6.07) is 23.4. The summed E-state index contributed by atoms with van der Waals surface area (Å²) >= 11 is 0. The van der Waals surface area contributed by atoms with Crippen LogP contribution in [0.4, 0.5) is 69.2 Å². The van der Waals surface area contributed by atoms with Crippen molar-refractivity contribution in [1.29, 1.82) is 0 Å². The van der Waals surface area contributed by atoms with Gasteiger partial charge >= 0.3 is 0 Å². The van der Waals surface area contributed by atoms with Crippen molar-refractivity contribution in [2.24, 2.45) is 0 Å². The summed E-state index contributed by atoms with van der Waals surface area (Å²) in [6.45, 7) is 6.09. The fourth-order valence-electron chi connectivity index (χ4n) is 7.20. The fourth-order valence-corrected chi connectivity index (χ4v) is 7.20. The molecule has 54 heavy (non-hydrogen) atoms. The van der Waals surface area contributed by atoms with E-state index in [9.17, 15) is 0 Å². The van der Waals surface area contributed by atoms with Gasteiger partial charge in [0.25, 0.3) is 0 Å². The van der Waals surface area contributed by atoms with Gasteiger partial charge in [0.15, 0.2) is 0 Å². The van der Waals surface area contributed by atoms with Crippen LogP contribution in [0, 0.1) is 46.5 Å². The van der Waals surface area contributed by atoms with Gasteiger partial charge in [-0.3, -0.25) is 9.80 Å². The van der Waals surface area contributed by atoms with Crippen LogP contribution < -0.4 is 9.80 Å². The van der Waals surface area contributed by atoms with Crippen molar-refractivity contribution < 1.29 is 35.1 Å². The fraction of sp³-hybridized carbons (Fsp3) is 0.0909. The summed E-state index contributed by atoms with van der Waals surface area (Å²) < 4.78 is 128. The van der Waals surface area contributed by atoms with E-state index in [2.05, 4.69) is 0 Å². The largest absolute Gasteiger partial charge is 0.299 e. The Bertz CT molecular complexity index is 2410. The zero-order valence-corrected chi connectivity index (χ0v) is 28.9. The summed E-state index contributed by atoms with van der Waals surface area (Å²) in [4.78, 5) is 1.41. The minimum atomic E-state index is -1.20. The lowest BCUT2D eigenvalue weighted by molar-refractivity contribution is 0.570. The summed E-state index contributed by atoms with van der Waals surface area (Å²) in [7, 11) is 0. The second-order valence-corrected chi connectivity index (χ2v) is 14.0. The highest BCUT2D eigenvalue weighted by Crippen LogP contribution is 2.52. The average molecular weight is 737 g/mol. The predicted octanol–water partition coefficient (Wildman–Crippen LogP) is 13.9. The third-order valence-electron chi connectivity index (χ3n) is 9.66. The predicted molar refractivity (Wildman–Crippen MR) is 198 cm³/mol. The zero-order valence-electron chi connectivity index (χ0n) is 28.9. The van der Waals surface area contributed by atoms with Crippen molar-refractivity contribution in [1.82, 2.24) is 0 Å². The molecule has 0 spiro atoms. The highest BCUT2D eigenvalue weighted by molar-refractivity contribution is 6.29. The van der Waals surface area contributed by atoms with Gasteiger partial charge < -0.3 is 0 Å². The topological polar surface area (TPSA) is 6.48 Å². The van der Waals surface area contributed by atoms with E-state index in [1.165, 1.54) is 0 Å². The molecule has 10 heteroatoms. The van der Waals surface area contributed by atoms with Crippen LogP contribution in [0.1, 0.15) is 26.3 Å². The summed E-state index contributed by atoms with van der Waals surface area (Å²) in [5, 5.41) is 2.72. The second kappa shape index (κ2) is 12.8. The molecule has 8 aromatic rings. The average Bonchev–Trinajstić information content (AvgIpc) is 3.11. The quantitative estimate of drug-likeness (QED) is 0.124. The Hall–Kier alpha value is -6.16. The molecule has 0 aliphatic heterocycles. The molecule has 0 atom stereocenters. The first kappa shape index (κ1) is 34.9. The maximum atomic E-state index is 16.0. The van der Waals surface area contributed by atoms with E-state index in [1.807, 2.05) is 32.9 Å². The molecule has 0 bridgehead atoms. The number of benzene rings is 8. The second-order valence-electron chi connectivity index (χ2n) is 14.0. The molecule has 0 unspecified atom stereocenters. The Labute approximate surface area is 304 Å². The van der Waals surface area contributed by atoms with Gasteiger partial charge in [0.1, 0.15) is 69.3 Å². The smallest absolute Gasteiger partial charge is 0.150 e. The Morgan fingerprint density at radius 3 is 0.944 bits per heavy atom. The monoisotopic (exact) mass is 736 g/mol. The molecule has 0 radical (unpaired) electrons. The summed E-state index contributed by atoms with van der Waals surface area (Å²) in [5.41, 5.74) is -3.38. The molecular formula is C44H28F8N2. The van der Waals surface area contributed by atoms with Crippen LogP contribution >= 0.6 is 0 Å². The molecule has 270 valence electrons. The normalized spacial score (nSPS) is 12.0. The summed E-state index contributed by atoms with van der Waals surface area (Å²) in [6.07, 6.45) is 0. The molecular weight excluding hydrogens is 708 g/mol. The van der Waals surface area contributed by atoms with Crippen molar-refractivity contribution in [3.63, 3.8) is 0 Å². The van der Waals surface area contributed by atoms with E-state index >= 15 is 35.1 Å². The van der Waals surface area contributed by atoms with Crippen LogP contribution in [0.2, 0.25) is 0 Å². The van der Waals surface area contributed by atoms with Gasteiger partial charge in [0.2, 0.25) is 0 Å². The van der Waals surface area contributed by atoms with Crippen LogP contribution in [0.25, 0.3) is 32.3 Å². The van der Waals surface area contributed by atoms with Gasteiger partial charge in [0.05, 0.1) is 11.4 Å². The lowest BCUT2D eigenvalue weighted by atomic mass is 9.83. The van der Waals surface area contributed by atoms with Crippen LogP contribution in [0.3, 0.4) is 0 Å². The third-order valence-corrected chi connectivity index (χ3v) is 9.66. The zero-order chi connectivity index (χ0) is 38.2. The number of para-hydroxylation sites is 4. The molecule has 2 nitrogen and oxygen atoms in total. The Kier molecular flexibility index (Phi) is 8.24. The Morgan fingerprint density at radius 2 is 0.667 bits per heavy atom. The number of halogens is 8. The first-order chi connectivity index (χ1) is 25.8.